The van der Waals surface area contributed by atoms with Crippen molar-refractivity contribution in [2.75, 3.05) is 26.8 Å². The van der Waals surface area contributed by atoms with E-state index in [1.807, 2.05) is 24.3 Å². The topological polar surface area (TPSA) is 70.1 Å². The van der Waals surface area contributed by atoms with E-state index in [-0.39, 0.29) is 12.6 Å². The second kappa shape index (κ2) is 6.91. The van der Waals surface area contributed by atoms with E-state index in [4.69, 9.17) is 9.84 Å². The van der Waals surface area contributed by atoms with Gasteiger partial charge >= 0.3 is 12.0 Å². The van der Waals surface area contributed by atoms with Crippen LogP contribution in [0.15, 0.2) is 28.7 Å². The molecule has 1 aliphatic rings. The van der Waals surface area contributed by atoms with E-state index in [1.165, 1.54) is 9.80 Å². The molecule has 6 nitrogen and oxygen atoms in total. The number of halogens is 1. The van der Waals surface area contributed by atoms with Crippen LogP contribution < -0.4 is 0 Å². The van der Waals surface area contributed by atoms with Gasteiger partial charge in [0.1, 0.15) is 0 Å². The molecule has 7 heteroatoms. The second-order valence-corrected chi connectivity index (χ2v) is 5.81. The van der Waals surface area contributed by atoms with Gasteiger partial charge in [-0.2, -0.15) is 0 Å². The smallest absolute Gasteiger partial charge is 0.328 e. The summed E-state index contributed by atoms with van der Waals surface area (Å²) in [7, 11) is 1.66. The van der Waals surface area contributed by atoms with Crippen molar-refractivity contribution in [3.05, 3.63) is 34.3 Å². The highest BCUT2D eigenvalue weighted by Crippen LogP contribution is 2.15. The first-order chi connectivity index (χ1) is 9.99. The number of carbonyl (C=O) groups is 2. The fourth-order valence-electron chi connectivity index (χ4n) is 2.23. The molecule has 1 fully saturated rings. The van der Waals surface area contributed by atoms with Crippen LogP contribution in [0, 0.1) is 0 Å². The van der Waals surface area contributed by atoms with Gasteiger partial charge in [0.2, 0.25) is 0 Å². The van der Waals surface area contributed by atoms with Gasteiger partial charge in [-0.3, -0.25) is 0 Å². The van der Waals surface area contributed by atoms with Crippen LogP contribution in [0.25, 0.3) is 0 Å². The van der Waals surface area contributed by atoms with Gasteiger partial charge in [0.05, 0.1) is 13.2 Å². The molecule has 0 saturated carbocycles. The Morgan fingerprint density at radius 1 is 1.52 bits per heavy atom. The van der Waals surface area contributed by atoms with Gasteiger partial charge in [0, 0.05) is 24.6 Å². The standard InChI is InChI=1S/C14H17BrN2O4/c1-16(8-10-3-2-4-11(15)7-10)14(20)17-5-6-21-9-12(17)13(18)19/h2-4,7,12H,5-6,8-9H2,1H3,(H,18,19). The highest BCUT2D eigenvalue weighted by atomic mass is 79.9. The number of nitrogens with zero attached hydrogens (tertiary/aromatic N) is 2. The molecule has 2 rings (SSSR count). The number of amides is 2. The molecular formula is C14H17BrN2O4. The van der Waals surface area contributed by atoms with Crippen LogP contribution in [0.3, 0.4) is 0 Å². The number of urea groups is 1. The summed E-state index contributed by atoms with van der Waals surface area (Å²) in [5.41, 5.74) is 0.973. The number of hydrogen-bond acceptors (Lipinski definition) is 3. The Labute approximate surface area is 131 Å². The predicted octanol–water partition coefficient (Wildman–Crippen LogP) is 1.79. The van der Waals surface area contributed by atoms with Crippen LogP contribution in [0.1, 0.15) is 5.56 Å². The summed E-state index contributed by atoms with van der Waals surface area (Å²) >= 11 is 3.39. The summed E-state index contributed by atoms with van der Waals surface area (Å²) < 4.78 is 6.08. The van der Waals surface area contributed by atoms with Gasteiger partial charge in [-0.05, 0) is 17.7 Å². The molecule has 1 aromatic carbocycles. The Kier molecular flexibility index (Phi) is 5.19. The first-order valence-electron chi connectivity index (χ1n) is 6.56. The number of morpholine rings is 1. The fraction of sp³-hybridized carbons (Fsp3) is 0.429. The summed E-state index contributed by atoms with van der Waals surface area (Å²) in [6.07, 6.45) is 0. The highest BCUT2D eigenvalue weighted by molar-refractivity contribution is 9.10. The Morgan fingerprint density at radius 2 is 2.29 bits per heavy atom. The van der Waals surface area contributed by atoms with Crippen molar-refractivity contribution in [3.8, 4) is 0 Å². The van der Waals surface area contributed by atoms with Crippen LogP contribution >= 0.6 is 15.9 Å². The quantitative estimate of drug-likeness (QED) is 0.896. The second-order valence-electron chi connectivity index (χ2n) is 4.89. The zero-order valence-corrected chi connectivity index (χ0v) is 13.2. The molecule has 1 aliphatic heterocycles. The van der Waals surface area contributed by atoms with Crippen molar-refractivity contribution < 1.29 is 19.4 Å². The molecule has 1 heterocycles. The van der Waals surface area contributed by atoms with E-state index in [0.29, 0.717) is 19.7 Å². The van der Waals surface area contributed by atoms with Crippen LogP contribution in [0.4, 0.5) is 4.79 Å². The Balaban J connectivity index is 2.05. The molecular weight excluding hydrogens is 340 g/mol. The molecule has 1 N–H and O–H groups in total. The van der Waals surface area contributed by atoms with Crippen LogP contribution in [0.5, 0.6) is 0 Å². The molecule has 0 spiro atoms. The van der Waals surface area contributed by atoms with Crippen molar-refractivity contribution in [2.45, 2.75) is 12.6 Å². The monoisotopic (exact) mass is 356 g/mol. The molecule has 21 heavy (non-hydrogen) atoms. The van der Waals surface area contributed by atoms with E-state index < -0.39 is 12.0 Å². The summed E-state index contributed by atoms with van der Waals surface area (Å²) in [6.45, 7) is 1.10. The van der Waals surface area contributed by atoms with Gasteiger partial charge in [-0.25, -0.2) is 9.59 Å². The number of carboxylic acids is 1. The SMILES string of the molecule is CN(Cc1cccc(Br)c1)C(=O)N1CCOCC1C(=O)O. The van der Waals surface area contributed by atoms with Gasteiger partial charge in [0.25, 0.3) is 0 Å². The minimum absolute atomic E-state index is 0.0335. The molecule has 1 atom stereocenters. The summed E-state index contributed by atoms with van der Waals surface area (Å²) in [6, 6.07) is 6.43. The molecule has 114 valence electrons. The van der Waals surface area contributed by atoms with Gasteiger partial charge in [0.15, 0.2) is 6.04 Å². The lowest BCUT2D eigenvalue weighted by molar-refractivity contribution is -0.147. The summed E-state index contributed by atoms with van der Waals surface area (Å²) in [5.74, 6) is -1.04. The van der Waals surface area contributed by atoms with E-state index >= 15 is 0 Å². The Bertz CT molecular complexity index is 537. The molecule has 1 unspecified atom stereocenters. The Morgan fingerprint density at radius 3 is 2.95 bits per heavy atom. The van der Waals surface area contributed by atoms with Crippen molar-refractivity contribution in [1.29, 1.82) is 0 Å². The maximum absolute atomic E-state index is 12.4. The third kappa shape index (κ3) is 3.95. The van der Waals surface area contributed by atoms with Gasteiger partial charge in [-0.1, -0.05) is 28.1 Å². The number of hydrogen-bond donors (Lipinski definition) is 1. The fourth-order valence-corrected chi connectivity index (χ4v) is 2.68. The van der Waals surface area contributed by atoms with E-state index in [0.717, 1.165) is 10.0 Å². The molecule has 1 aromatic rings. The Hall–Kier alpha value is -1.60. The van der Waals surface area contributed by atoms with Crippen LogP contribution in [-0.2, 0) is 16.1 Å². The zero-order chi connectivity index (χ0) is 15.4. The van der Waals surface area contributed by atoms with Crippen molar-refractivity contribution in [3.63, 3.8) is 0 Å². The molecule has 2 amide bonds. The lowest BCUT2D eigenvalue weighted by Gasteiger charge is -2.35. The molecule has 0 aliphatic carbocycles. The first-order valence-corrected chi connectivity index (χ1v) is 7.35. The number of aliphatic carboxylic acids is 1. The van der Waals surface area contributed by atoms with E-state index in [2.05, 4.69) is 15.9 Å². The van der Waals surface area contributed by atoms with E-state index in [1.54, 1.807) is 7.05 Å². The third-order valence-electron chi connectivity index (χ3n) is 3.29. The van der Waals surface area contributed by atoms with Crippen molar-refractivity contribution in [2.24, 2.45) is 0 Å². The normalized spacial score (nSPS) is 18.4. The van der Waals surface area contributed by atoms with Crippen LogP contribution in [-0.4, -0.2) is 59.8 Å². The number of rotatable bonds is 3. The minimum Gasteiger partial charge on any atom is -0.480 e. The van der Waals surface area contributed by atoms with Gasteiger partial charge < -0.3 is 19.6 Å². The van der Waals surface area contributed by atoms with Crippen molar-refractivity contribution >= 4 is 27.9 Å². The molecule has 1 saturated heterocycles. The highest BCUT2D eigenvalue weighted by Gasteiger charge is 2.34. The lowest BCUT2D eigenvalue weighted by atomic mass is 10.2. The number of carbonyl (C=O) groups excluding carboxylic acids is 1. The molecule has 0 aromatic heterocycles. The first kappa shape index (κ1) is 15.8. The molecule has 0 bridgehead atoms. The lowest BCUT2D eigenvalue weighted by Crippen LogP contribution is -2.55. The number of benzene rings is 1. The predicted molar refractivity (Wildman–Crippen MR) is 80.0 cm³/mol. The average molecular weight is 357 g/mol. The maximum Gasteiger partial charge on any atom is 0.328 e. The zero-order valence-electron chi connectivity index (χ0n) is 11.7. The summed E-state index contributed by atoms with van der Waals surface area (Å²) in [5, 5.41) is 9.17. The van der Waals surface area contributed by atoms with Gasteiger partial charge in [-0.15, -0.1) is 0 Å². The van der Waals surface area contributed by atoms with E-state index in [9.17, 15) is 9.59 Å². The maximum atomic E-state index is 12.4. The number of ether oxygens (including phenoxy) is 1. The minimum atomic E-state index is -1.04. The average Bonchev–Trinajstić information content (AvgIpc) is 2.46. The largest absolute Gasteiger partial charge is 0.480 e. The van der Waals surface area contributed by atoms with Crippen molar-refractivity contribution in [1.82, 2.24) is 9.80 Å². The third-order valence-corrected chi connectivity index (χ3v) is 3.79. The number of carboxylic acid groups (broad SMARTS) is 1. The van der Waals surface area contributed by atoms with Crippen LogP contribution in [0.2, 0.25) is 0 Å². The summed E-state index contributed by atoms with van der Waals surface area (Å²) in [4.78, 5) is 26.5. The molecule has 0 radical (unpaired) electrons.